The fourth-order valence-electron chi connectivity index (χ4n) is 3.54. The van der Waals surface area contributed by atoms with E-state index in [0.717, 1.165) is 47.6 Å². The molecular formula is C23H23N3O2. The number of para-hydroxylation sites is 2. The molecule has 1 N–H and O–H groups in total. The van der Waals surface area contributed by atoms with Gasteiger partial charge in [0.15, 0.2) is 0 Å². The number of aromatic nitrogens is 2. The van der Waals surface area contributed by atoms with Crippen molar-refractivity contribution in [3.63, 3.8) is 0 Å². The predicted molar refractivity (Wildman–Crippen MR) is 111 cm³/mol. The number of hydrogen-bond acceptors (Lipinski definition) is 3. The van der Waals surface area contributed by atoms with E-state index < -0.39 is 0 Å². The Morgan fingerprint density at radius 2 is 2.07 bits per heavy atom. The summed E-state index contributed by atoms with van der Waals surface area (Å²) in [5.41, 5.74) is 2.90. The van der Waals surface area contributed by atoms with Gasteiger partial charge in [-0.05, 0) is 48.7 Å². The van der Waals surface area contributed by atoms with Crippen LogP contribution in [-0.2, 0) is 4.79 Å². The second-order valence-corrected chi connectivity index (χ2v) is 6.83. The second kappa shape index (κ2) is 8.13. The Labute approximate surface area is 164 Å². The molecule has 0 radical (unpaired) electrons. The van der Waals surface area contributed by atoms with Crippen molar-refractivity contribution in [3.05, 3.63) is 78.6 Å². The van der Waals surface area contributed by atoms with Crippen molar-refractivity contribution in [1.29, 1.82) is 0 Å². The van der Waals surface area contributed by atoms with Gasteiger partial charge in [0, 0.05) is 12.6 Å². The summed E-state index contributed by atoms with van der Waals surface area (Å²) in [5, 5.41) is 0. The molecule has 1 amide bonds. The Balaban J connectivity index is 1.46. The summed E-state index contributed by atoms with van der Waals surface area (Å²) in [7, 11) is 0. The van der Waals surface area contributed by atoms with Crippen LogP contribution in [0, 0.1) is 0 Å². The van der Waals surface area contributed by atoms with Crippen LogP contribution in [0.4, 0.5) is 0 Å². The fourth-order valence-corrected chi connectivity index (χ4v) is 3.54. The van der Waals surface area contributed by atoms with E-state index in [1.165, 1.54) is 0 Å². The molecule has 2 heterocycles. The molecule has 5 nitrogen and oxygen atoms in total. The van der Waals surface area contributed by atoms with Gasteiger partial charge in [0.25, 0.3) is 0 Å². The van der Waals surface area contributed by atoms with Gasteiger partial charge < -0.3 is 14.6 Å². The summed E-state index contributed by atoms with van der Waals surface area (Å²) in [6.45, 7) is 4.86. The molecule has 1 aromatic heterocycles. The number of hydrogen-bond donors (Lipinski definition) is 1. The lowest BCUT2D eigenvalue weighted by molar-refractivity contribution is -0.126. The third-order valence-electron chi connectivity index (χ3n) is 4.93. The van der Waals surface area contributed by atoms with E-state index in [1.54, 1.807) is 12.2 Å². The maximum absolute atomic E-state index is 12.8. The number of carbonyl (C=O) groups excluding carboxylic acids is 1. The minimum absolute atomic E-state index is 0.000714. The Hall–Kier alpha value is -3.34. The zero-order chi connectivity index (χ0) is 19.3. The van der Waals surface area contributed by atoms with E-state index in [9.17, 15) is 4.79 Å². The normalized spacial score (nSPS) is 16.7. The van der Waals surface area contributed by atoms with Crippen LogP contribution in [0.5, 0.6) is 5.75 Å². The van der Waals surface area contributed by atoms with Gasteiger partial charge in [-0.3, -0.25) is 4.79 Å². The first-order valence-corrected chi connectivity index (χ1v) is 9.51. The first-order chi connectivity index (χ1) is 13.7. The zero-order valence-electron chi connectivity index (χ0n) is 15.7. The summed E-state index contributed by atoms with van der Waals surface area (Å²) in [5.74, 6) is 1.66. The number of fused-ring (bicyclic) bond motifs is 1. The number of rotatable bonds is 6. The first-order valence-electron chi connectivity index (χ1n) is 9.51. The number of imidazole rings is 1. The first kappa shape index (κ1) is 18.0. The van der Waals surface area contributed by atoms with Gasteiger partial charge in [0.2, 0.25) is 5.91 Å². The zero-order valence-corrected chi connectivity index (χ0v) is 15.7. The quantitative estimate of drug-likeness (QED) is 0.511. The molecule has 1 atom stereocenters. The van der Waals surface area contributed by atoms with E-state index in [-0.39, 0.29) is 11.9 Å². The van der Waals surface area contributed by atoms with Crippen molar-refractivity contribution in [2.75, 3.05) is 13.2 Å². The van der Waals surface area contributed by atoms with E-state index in [2.05, 4.69) is 16.5 Å². The smallest absolute Gasteiger partial charge is 0.247 e. The minimum atomic E-state index is -0.000714. The molecule has 142 valence electrons. The number of H-pyrrole nitrogens is 1. The molecule has 1 saturated heterocycles. The van der Waals surface area contributed by atoms with Gasteiger partial charge >= 0.3 is 0 Å². The Morgan fingerprint density at radius 1 is 1.25 bits per heavy atom. The van der Waals surface area contributed by atoms with Crippen molar-refractivity contribution in [2.45, 2.75) is 18.9 Å². The molecule has 0 spiro atoms. The number of benzene rings is 2. The van der Waals surface area contributed by atoms with Crippen LogP contribution >= 0.6 is 0 Å². The molecule has 3 aromatic rings. The van der Waals surface area contributed by atoms with E-state index in [1.807, 2.05) is 59.5 Å². The van der Waals surface area contributed by atoms with Gasteiger partial charge in [-0.2, -0.15) is 0 Å². The number of nitrogens with one attached hydrogen (secondary N) is 1. The molecule has 2 aromatic carbocycles. The van der Waals surface area contributed by atoms with E-state index in [0.29, 0.717) is 6.61 Å². The molecule has 1 aliphatic heterocycles. The minimum Gasteiger partial charge on any atom is -0.490 e. The van der Waals surface area contributed by atoms with Crippen LogP contribution in [0.2, 0.25) is 0 Å². The number of carbonyl (C=O) groups is 1. The lowest BCUT2D eigenvalue weighted by atomic mass is 10.2. The molecule has 28 heavy (non-hydrogen) atoms. The molecule has 5 heteroatoms. The maximum atomic E-state index is 12.8. The van der Waals surface area contributed by atoms with Crippen molar-refractivity contribution in [2.24, 2.45) is 0 Å². The average molecular weight is 373 g/mol. The van der Waals surface area contributed by atoms with Crippen LogP contribution in [0.1, 0.15) is 30.3 Å². The Morgan fingerprint density at radius 3 is 2.86 bits per heavy atom. The lowest BCUT2D eigenvalue weighted by Crippen LogP contribution is -2.29. The number of amides is 1. The molecule has 0 saturated carbocycles. The summed E-state index contributed by atoms with van der Waals surface area (Å²) in [6.07, 6.45) is 7.10. The van der Waals surface area contributed by atoms with Crippen molar-refractivity contribution in [3.8, 4) is 5.75 Å². The van der Waals surface area contributed by atoms with Gasteiger partial charge in [-0.25, -0.2) is 4.98 Å². The van der Waals surface area contributed by atoms with E-state index in [4.69, 9.17) is 4.74 Å². The number of ether oxygens (including phenoxy) is 1. The molecule has 1 aliphatic rings. The molecule has 1 unspecified atom stereocenters. The highest BCUT2D eigenvalue weighted by molar-refractivity contribution is 5.92. The highest BCUT2D eigenvalue weighted by Crippen LogP contribution is 2.31. The number of aromatic amines is 1. The summed E-state index contributed by atoms with van der Waals surface area (Å²) < 4.78 is 5.48. The topological polar surface area (TPSA) is 58.2 Å². The fraction of sp³-hybridized carbons (Fsp3) is 0.217. The van der Waals surface area contributed by atoms with Crippen LogP contribution in [0.15, 0.2) is 67.3 Å². The molecular weight excluding hydrogens is 350 g/mol. The van der Waals surface area contributed by atoms with Gasteiger partial charge in [0.1, 0.15) is 18.2 Å². The molecule has 0 bridgehead atoms. The van der Waals surface area contributed by atoms with Gasteiger partial charge in [-0.15, -0.1) is 0 Å². The van der Waals surface area contributed by atoms with Crippen LogP contribution < -0.4 is 4.74 Å². The maximum Gasteiger partial charge on any atom is 0.247 e. The average Bonchev–Trinajstić information content (AvgIpc) is 3.37. The number of likely N-dealkylation sites (tertiary alicyclic amines) is 1. The van der Waals surface area contributed by atoms with Crippen molar-refractivity contribution >= 4 is 23.0 Å². The van der Waals surface area contributed by atoms with Crippen LogP contribution in [0.25, 0.3) is 17.1 Å². The van der Waals surface area contributed by atoms with Crippen molar-refractivity contribution < 1.29 is 9.53 Å². The van der Waals surface area contributed by atoms with Crippen molar-refractivity contribution in [1.82, 2.24) is 14.9 Å². The molecule has 4 rings (SSSR count). The predicted octanol–water partition coefficient (Wildman–Crippen LogP) is 4.50. The largest absolute Gasteiger partial charge is 0.490 e. The summed E-state index contributed by atoms with van der Waals surface area (Å²) >= 11 is 0. The Kier molecular flexibility index (Phi) is 5.24. The summed E-state index contributed by atoms with van der Waals surface area (Å²) in [6, 6.07) is 15.6. The van der Waals surface area contributed by atoms with Gasteiger partial charge in [0.05, 0.1) is 17.1 Å². The van der Waals surface area contributed by atoms with Gasteiger partial charge in [-0.1, -0.05) is 36.9 Å². The third-order valence-corrected chi connectivity index (χ3v) is 4.93. The van der Waals surface area contributed by atoms with Crippen LogP contribution in [0.3, 0.4) is 0 Å². The standard InChI is InChI=1S/C23H23N3O2/c1-2-16-28-18-12-9-17(10-13-18)11-14-22(27)26-15-5-8-21(26)23-24-19-6-3-4-7-20(19)25-23/h2-4,6-7,9-14,21H,1,5,8,15-16H2,(H,24,25). The molecule has 1 fully saturated rings. The highest BCUT2D eigenvalue weighted by Gasteiger charge is 2.30. The monoisotopic (exact) mass is 373 g/mol. The Bertz CT molecular complexity index is 971. The van der Waals surface area contributed by atoms with E-state index >= 15 is 0 Å². The molecule has 0 aliphatic carbocycles. The second-order valence-electron chi connectivity index (χ2n) is 6.83. The number of nitrogens with zero attached hydrogens (tertiary/aromatic N) is 2. The SMILES string of the molecule is C=CCOc1ccc(C=CC(=O)N2CCCC2c2nc3ccccc3[nH]2)cc1. The third kappa shape index (κ3) is 3.83. The van der Waals surface area contributed by atoms with Crippen LogP contribution in [-0.4, -0.2) is 33.9 Å². The lowest BCUT2D eigenvalue weighted by Gasteiger charge is -2.21. The highest BCUT2D eigenvalue weighted by atomic mass is 16.5. The summed E-state index contributed by atoms with van der Waals surface area (Å²) in [4.78, 5) is 22.7.